The van der Waals surface area contributed by atoms with Crippen LogP contribution in [0, 0.1) is 5.41 Å². The Hall–Kier alpha value is -2.37. The summed E-state index contributed by atoms with van der Waals surface area (Å²) in [4.78, 5) is 6.45. The molecule has 152 valence electrons. The van der Waals surface area contributed by atoms with E-state index in [-0.39, 0.29) is 12.0 Å². The van der Waals surface area contributed by atoms with Crippen molar-refractivity contribution in [1.82, 2.24) is 15.0 Å². The lowest BCUT2D eigenvalue weighted by Crippen LogP contribution is -2.42. The Bertz CT molecular complexity index is 740. The largest absolute Gasteiger partial charge is 0.370 e. The Morgan fingerprint density at radius 1 is 1.14 bits per heavy atom. The van der Waals surface area contributed by atoms with Crippen LogP contribution in [0.25, 0.3) is 11.4 Å². The summed E-state index contributed by atoms with van der Waals surface area (Å²) in [6.07, 6.45) is 12.0. The molecule has 1 aliphatic heterocycles. The maximum atomic E-state index is 7.78. The van der Waals surface area contributed by atoms with Crippen molar-refractivity contribution in [3.8, 4) is 11.4 Å². The Morgan fingerprint density at radius 3 is 2.64 bits per heavy atom. The molecule has 0 aliphatic carbocycles. The van der Waals surface area contributed by atoms with Gasteiger partial charge >= 0.3 is 0 Å². The van der Waals surface area contributed by atoms with Gasteiger partial charge in [-0.3, -0.25) is 5.41 Å². The molecule has 28 heavy (non-hydrogen) atoms. The minimum atomic E-state index is -0.0838. The molecule has 1 saturated heterocycles. The predicted octanol–water partition coefficient (Wildman–Crippen LogP) is 5.06. The number of nitrogens with zero attached hydrogens (tertiary/aromatic N) is 3. The Kier molecular flexibility index (Phi) is 7.46. The molecule has 3 rings (SSSR count). The zero-order valence-corrected chi connectivity index (χ0v) is 17.0. The average molecular weight is 384 g/mol. The summed E-state index contributed by atoms with van der Waals surface area (Å²) in [5.74, 6) is 1.24. The molecule has 0 spiro atoms. The molecule has 2 aromatic rings. The van der Waals surface area contributed by atoms with Crippen molar-refractivity contribution in [2.24, 2.45) is 5.73 Å². The molecule has 1 aromatic heterocycles. The number of aryl methyl sites for hydroxylation is 1. The summed E-state index contributed by atoms with van der Waals surface area (Å²) in [5, 5.41) is 11.9. The molecule has 3 N–H and O–H groups in total. The summed E-state index contributed by atoms with van der Waals surface area (Å²) >= 11 is 0. The molecule has 6 heteroatoms. The normalized spacial score (nSPS) is 17.0. The molecule has 1 atom stereocenters. The number of benzene rings is 1. The second-order valence-corrected chi connectivity index (χ2v) is 7.76. The van der Waals surface area contributed by atoms with Crippen LogP contribution in [-0.2, 0) is 6.42 Å². The molecule has 0 radical (unpaired) electrons. The topological polar surface area (TPSA) is 92.0 Å². The van der Waals surface area contributed by atoms with Crippen LogP contribution in [0.1, 0.15) is 82.2 Å². The van der Waals surface area contributed by atoms with Crippen LogP contribution in [0.4, 0.5) is 0 Å². The lowest BCUT2D eigenvalue weighted by molar-refractivity contribution is 0.192. The highest BCUT2D eigenvalue weighted by Gasteiger charge is 2.29. The van der Waals surface area contributed by atoms with Crippen LogP contribution >= 0.6 is 0 Å². The highest BCUT2D eigenvalue weighted by Crippen LogP contribution is 2.30. The SMILES string of the molecule is CCCCCCCCc1ccc(-c2noc([C@@H]3CCCCN3C(=N)N)n2)cc1. The van der Waals surface area contributed by atoms with Crippen LogP contribution < -0.4 is 5.73 Å². The highest BCUT2D eigenvalue weighted by atomic mass is 16.5. The minimum Gasteiger partial charge on any atom is -0.370 e. The first-order chi connectivity index (χ1) is 13.7. The van der Waals surface area contributed by atoms with Crippen LogP contribution in [0.5, 0.6) is 0 Å². The third kappa shape index (κ3) is 5.33. The fourth-order valence-electron chi connectivity index (χ4n) is 3.89. The summed E-state index contributed by atoms with van der Waals surface area (Å²) in [5.41, 5.74) is 8.05. The van der Waals surface area contributed by atoms with Crippen LogP contribution in [0.3, 0.4) is 0 Å². The highest BCUT2D eigenvalue weighted by molar-refractivity contribution is 5.75. The number of piperidine rings is 1. The Morgan fingerprint density at radius 2 is 1.89 bits per heavy atom. The second-order valence-electron chi connectivity index (χ2n) is 7.76. The number of rotatable bonds is 9. The number of hydrogen-bond donors (Lipinski definition) is 2. The van der Waals surface area contributed by atoms with Gasteiger partial charge in [-0.05, 0) is 37.7 Å². The molecule has 0 unspecified atom stereocenters. The Balaban J connectivity index is 1.56. The van der Waals surface area contributed by atoms with Crippen molar-refractivity contribution in [2.75, 3.05) is 6.54 Å². The summed E-state index contributed by atoms with van der Waals surface area (Å²) in [7, 11) is 0. The molecule has 1 aliphatic rings. The molecule has 1 aromatic carbocycles. The van der Waals surface area contributed by atoms with E-state index in [1.807, 2.05) is 4.90 Å². The van der Waals surface area contributed by atoms with Gasteiger partial charge in [0.05, 0.1) is 0 Å². The van der Waals surface area contributed by atoms with Gasteiger partial charge < -0.3 is 15.2 Å². The maximum absolute atomic E-state index is 7.78. The summed E-state index contributed by atoms with van der Waals surface area (Å²) in [6, 6.07) is 8.40. The van der Waals surface area contributed by atoms with Crippen molar-refractivity contribution in [3.63, 3.8) is 0 Å². The van der Waals surface area contributed by atoms with Gasteiger partial charge in [-0.2, -0.15) is 4.98 Å². The maximum Gasteiger partial charge on any atom is 0.249 e. The lowest BCUT2D eigenvalue weighted by atomic mass is 10.0. The standard InChI is InChI=1S/C22H33N5O/c1-2-3-4-5-6-7-10-17-12-14-18(15-13-17)20-25-21(28-26-20)19-11-8-9-16-27(19)22(23)24/h12-15,19H,2-11,16H2,1H3,(H3,23,24)/t19-/m0/s1. The van der Waals surface area contributed by atoms with E-state index in [1.165, 1.54) is 44.1 Å². The third-order valence-corrected chi connectivity index (χ3v) is 5.57. The third-order valence-electron chi connectivity index (χ3n) is 5.57. The van der Waals surface area contributed by atoms with E-state index in [9.17, 15) is 0 Å². The minimum absolute atomic E-state index is 0.0727. The quantitative estimate of drug-likeness (QED) is 0.359. The van der Waals surface area contributed by atoms with Crippen LogP contribution in [0.2, 0.25) is 0 Å². The van der Waals surface area contributed by atoms with Gasteiger partial charge in [0.25, 0.3) is 0 Å². The van der Waals surface area contributed by atoms with E-state index in [0.29, 0.717) is 11.7 Å². The molecule has 0 bridgehead atoms. The number of aromatic nitrogens is 2. The Labute approximate surface area is 168 Å². The number of hydrogen-bond acceptors (Lipinski definition) is 4. The van der Waals surface area contributed by atoms with Gasteiger partial charge in [0.15, 0.2) is 5.96 Å². The fourth-order valence-corrected chi connectivity index (χ4v) is 3.89. The van der Waals surface area contributed by atoms with E-state index < -0.39 is 0 Å². The van der Waals surface area contributed by atoms with Gasteiger partial charge in [0.2, 0.25) is 11.7 Å². The van der Waals surface area contributed by atoms with Gasteiger partial charge in [0.1, 0.15) is 6.04 Å². The first kappa shape index (κ1) is 20.4. The number of guanidine groups is 1. The van der Waals surface area contributed by atoms with Gasteiger partial charge in [0, 0.05) is 12.1 Å². The summed E-state index contributed by atoms with van der Waals surface area (Å²) in [6.45, 7) is 3.02. The van der Waals surface area contributed by atoms with Crippen molar-refractivity contribution in [1.29, 1.82) is 5.41 Å². The molecular weight excluding hydrogens is 350 g/mol. The molecule has 6 nitrogen and oxygen atoms in total. The number of likely N-dealkylation sites (tertiary alicyclic amines) is 1. The molecular formula is C22H33N5O. The van der Waals surface area contributed by atoms with Gasteiger partial charge in [-0.15, -0.1) is 0 Å². The van der Waals surface area contributed by atoms with Crippen LogP contribution in [0.15, 0.2) is 28.8 Å². The van der Waals surface area contributed by atoms with Crippen molar-refractivity contribution < 1.29 is 4.52 Å². The summed E-state index contributed by atoms with van der Waals surface area (Å²) < 4.78 is 5.53. The molecule has 0 amide bonds. The monoisotopic (exact) mass is 383 g/mol. The average Bonchev–Trinajstić information content (AvgIpc) is 3.21. The molecule has 1 fully saturated rings. The van der Waals surface area contributed by atoms with E-state index in [0.717, 1.165) is 37.8 Å². The number of nitrogens with two attached hydrogens (primary N) is 1. The zero-order valence-electron chi connectivity index (χ0n) is 17.0. The first-order valence-electron chi connectivity index (χ1n) is 10.7. The van der Waals surface area contributed by atoms with Gasteiger partial charge in [-0.25, -0.2) is 0 Å². The van der Waals surface area contributed by atoms with Crippen molar-refractivity contribution >= 4 is 5.96 Å². The van der Waals surface area contributed by atoms with E-state index >= 15 is 0 Å². The predicted molar refractivity (Wildman–Crippen MR) is 112 cm³/mol. The van der Waals surface area contributed by atoms with Crippen molar-refractivity contribution in [3.05, 3.63) is 35.7 Å². The zero-order chi connectivity index (χ0) is 19.8. The van der Waals surface area contributed by atoms with E-state index in [4.69, 9.17) is 15.7 Å². The second kappa shape index (κ2) is 10.2. The van der Waals surface area contributed by atoms with Crippen LogP contribution in [-0.4, -0.2) is 27.5 Å². The first-order valence-corrected chi connectivity index (χ1v) is 10.7. The number of unbranched alkanes of at least 4 members (excludes halogenated alkanes) is 5. The molecule has 0 saturated carbocycles. The van der Waals surface area contributed by atoms with E-state index in [2.05, 4.69) is 41.3 Å². The van der Waals surface area contributed by atoms with Crippen molar-refractivity contribution in [2.45, 2.75) is 77.2 Å². The van der Waals surface area contributed by atoms with Gasteiger partial charge in [-0.1, -0.05) is 68.4 Å². The lowest BCUT2D eigenvalue weighted by Gasteiger charge is -2.33. The number of nitrogens with one attached hydrogen (secondary N) is 1. The smallest absolute Gasteiger partial charge is 0.249 e. The van der Waals surface area contributed by atoms with E-state index in [1.54, 1.807) is 0 Å². The fraction of sp³-hybridized carbons (Fsp3) is 0.591. The molecule has 2 heterocycles.